The molecule has 7 nitrogen and oxygen atoms in total. The van der Waals surface area contributed by atoms with Gasteiger partial charge >= 0.3 is 21.1 Å². The first-order valence-electron chi connectivity index (χ1n) is 10.2. The van der Waals surface area contributed by atoms with Crippen LogP contribution in [-0.4, -0.2) is 34.5 Å². The van der Waals surface area contributed by atoms with Crippen molar-refractivity contribution in [3.8, 4) is 45.5 Å². The summed E-state index contributed by atoms with van der Waals surface area (Å²) >= 11 is 0. The molecule has 0 saturated heterocycles. The molecule has 0 bridgehead atoms. The average Bonchev–Trinajstić information content (AvgIpc) is 3.41. The Labute approximate surface area is 212 Å². The zero-order valence-corrected chi connectivity index (χ0v) is 20.8. The number of nitrogens with zero attached hydrogens (tertiary/aromatic N) is 5. The third-order valence-electron chi connectivity index (χ3n) is 4.68. The van der Waals surface area contributed by atoms with E-state index in [1.807, 2.05) is 72.8 Å². The van der Waals surface area contributed by atoms with E-state index in [2.05, 4.69) is 31.4 Å². The minimum absolute atomic E-state index is 0. The summed E-state index contributed by atoms with van der Waals surface area (Å²) in [6.07, 6.45) is 1.76. The second-order valence-electron chi connectivity index (χ2n) is 6.80. The molecule has 5 rings (SSSR count). The maximum atomic E-state index is 5.05. The average molecular weight is 631 g/mol. The molecule has 0 fully saturated rings. The molecule has 0 aliphatic rings. The van der Waals surface area contributed by atoms with E-state index in [9.17, 15) is 0 Å². The van der Waals surface area contributed by atoms with Crippen LogP contribution < -0.4 is 14.6 Å². The molecular formula is C26H21N5O2Pt. The fourth-order valence-electron chi connectivity index (χ4n) is 2.95. The first kappa shape index (κ1) is 24.8. The molecule has 0 aliphatic carbocycles. The van der Waals surface area contributed by atoms with Gasteiger partial charge in [0, 0.05) is 29.0 Å². The topological polar surface area (TPSA) is 84.1 Å². The van der Waals surface area contributed by atoms with Gasteiger partial charge in [-0.2, -0.15) is 5.10 Å². The van der Waals surface area contributed by atoms with E-state index in [4.69, 9.17) is 9.47 Å². The van der Waals surface area contributed by atoms with E-state index < -0.39 is 0 Å². The number of hydrogen-bond donors (Lipinski definition) is 0. The monoisotopic (exact) mass is 630 g/mol. The SMILES string of the molecule is COc1c[c-]c(-c2ccc(OC)nn2)cc1.[Pt+2].c1ccc(-c2cc(-c3ccccn3)[n-]n2)cc1. The molecule has 0 amide bonds. The number of methoxy groups -OCH3 is 2. The van der Waals surface area contributed by atoms with Crippen molar-refractivity contribution in [3.05, 3.63) is 97.2 Å². The first-order valence-corrected chi connectivity index (χ1v) is 10.2. The smallest absolute Gasteiger partial charge is 0.573 e. The van der Waals surface area contributed by atoms with Gasteiger partial charge in [0.15, 0.2) is 0 Å². The largest absolute Gasteiger partial charge is 2.00 e. The Hall–Kier alpha value is -3.83. The fraction of sp³-hybridized carbons (Fsp3) is 0.0769. The van der Waals surface area contributed by atoms with Crippen molar-refractivity contribution in [2.45, 2.75) is 0 Å². The molecule has 0 N–H and O–H groups in total. The molecule has 0 radical (unpaired) electrons. The molecule has 5 aromatic rings. The van der Waals surface area contributed by atoms with Crippen LogP contribution in [0.15, 0.2) is 91.1 Å². The number of aromatic nitrogens is 5. The van der Waals surface area contributed by atoms with Crippen LogP contribution in [0.25, 0.3) is 33.9 Å². The number of benzene rings is 2. The van der Waals surface area contributed by atoms with Gasteiger partial charge in [-0.1, -0.05) is 48.2 Å². The summed E-state index contributed by atoms with van der Waals surface area (Å²) in [5.74, 6) is 1.27. The van der Waals surface area contributed by atoms with Crippen LogP contribution in [0.1, 0.15) is 0 Å². The van der Waals surface area contributed by atoms with Crippen molar-refractivity contribution in [1.29, 1.82) is 0 Å². The van der Waals surface area contributed by atoms with Crippen molar-refractivity contribution < 1.29 is 30.5 Å². The Morgan fingerprint density at radius 1 is 0.765 bits per heavy atom. The molecule has 3 aromatic heterocycles. The Balaban J connectivity index is 0.000000186. The van der Waals surface area contributed by atoms with E-state index >= 15 is 0 Å². The van der Waals surface area contributed by atoms with Crippen molar-refractivity contribution >= 4 is 0 Å². The van der Waals surface area contributed by atoms with Gasteiger partial charge in [0.1, 0.15) is 0 Å². The summed E-state index contributed by atoms with van der Waals surface area (Å²) in [4.78, 5) is 4.25. The van der Waals surface area contributed by atoms with Gasteiger partial charge < -0.3 is 19.7 Å². The molecule has 0 atom stereocenters. The van der Waals surface area contributed by atoms with E-state index in [1.54, 1.807) is 32.5 Å². The van der Waals surface area contributed by atoms with E-state index in [1.165, 1.54) is 0 Å². The van der Waals surface area contributed by atoms with Gasteiger partial charge in [-0.3, -0.25) is 4.98 Å². The Morgan fingerprint density at radius 2 is 1.59 bits per heavy atom. The Bertz CT molecular complexity index is 1160. The summed E-state index contributed by atoms with van der Waals surface area (Å²) in [5.41, 5.74) is 5.24. The standard InChI is InChI=1S/C14H10N3.C12H11N2O2.Pt/c1-2-6-11(7-3-1)13-10-14(17-16-13)12-8-4-5-9-15-12;1-15-10-5-3-9(4-6-10)11-7-8-12(16-2)14-13-11;/h1-10H;3,5-8H,1-2H3;/q2*-1;+2. The fourth-order valence-corrected chi connectivity index (χ4v) is 2.95. The molecule has 34 heavy (non-hydrogen) atoms. The third-order valence-corrected chi connectivity index (χ3v) is 4.68. The van der Waals surface area contributed by atoms with Crippen LogP contribution in [0.4, 0.5) is 0 Å². The van der Waals surface area contributed by atoms with E-state index in [-0.39, 0.29) is 21.1 Å². The van der Waals surface area contributed by atoms with Crippen molar-refractivity contribution in [2.24, 2.45) is 0 Å². The minimum Gasteiger partial charge on any atom is -0.573 e. The predicted molar refractivity (Wildman–Crippen MR) is 126 cm³/mol. The first-order chi connectivity index (χ1) is 16.3. The zero-order valence-electron chi connectivity index (χ0n) is 18.5. The summed E-state index contributed by atoms with van der Waals surface area (Å²) in [6, 6.07) is 29.9. The van der Waals surface area contributed by atoms with Crippen molar-refractivity contribution in [1.82, 2.24) is 25.4 Å². The number of hydrogen-bond acceptors (Lipinski definition) is 6. The Morgan fingerprint density at radius 3 is 2.21 bits per heavy atom. The zero-order chi connectivity index (χ0) is 22.9. The van der Waals surface area contributed by atoms with Gasteiger partial charge in [-0.25, -0.2) is 0 Å². The summed E-state index contributed by atoms with van der Waals surface area (Å²) in [5, 5.41) is 16.2. The normalized spacial score (nSPS) is 9.82. The molecular weight excluding hydrogens is 609 g/mol. The molecule has 0 aliphatic heterocycles. The van der Waals surface area contributed by atoms with Crippen LogP contribution in [0.2, 0.25) is 0 Å². The maximum absolute atomic E-state index is 5.05. The quantitative estimate of drug-likeness (QED) is 0.260. The third kappa shape index (κ3) is 6.36. The van der Waals surface area contributed by atoms with E-state index in [0.29, 0.717) is 5.88 Å². The number of pyridine rings is 1. The number of rotatable bonds is 5. The summed E-state index contributed by atoms with van der Waals surface area (Å²) < 4.78 is 9.99. The molecule has 172 valence electrons. The van der Waals surface area contributed by atoms with Crippen LogP contribution in [0.5, 0.6) is 11.6 Å². The summed E-state index contributed by atoms with van der Waals surface area (Å²) in [6.45, 7) is 0. The minimum atomic E-state index is 0. The molecule has 0 spiro atoms. The second kappa shape index (κ2) is 12.4. The van der Waals surface area contributed by atoms with E-state index in [0.717, 1.165) is 39.7 Å². The molecule has 2 aromatic carbocycles. The van der Waals surface area contributed by atoms with Crippen LogP contribution in [0, 0.1) is 6.07 Å². The Kier molecular flexibility index (Phi) is 9.06. The van der Waals surface area contributed by atoms with Gasteiger partial charge in [0.2, 0.25) is 5.88 Å². The number of ether oxygens (including phenoxy) is 2. The maximum Gasteiger partial charge on any atom is 2.00 e. The van der Waals surface area contributed by atoms with Gasteiger partial charge in [-0.15, -0.1) is 34.9 Å². The molecule has 0 saturated carbocycles. The summed E-state index contributed by atoms with van der Waals surface area (Å²) in [7, 11) is 3.18. The molecule has 8 heteroatoms. The van der Waals surface area contributed by atoms with Gasteiger partial charge in [0.05, 0.1) is 14.2 Å². The van der Waals surface area contributed by atoms with Gasteiger partial charge in [-0.05, 0) is 29.8 Å². The van der Waals surface area contributed by atoms with Crippen LogP contribution in [-0.2, 0) is 21.1 Å². The second-order valence-corrected chi connectivity index (χ2v) is 6.80. The van der Waals surface area contributed by atoms with Crippen molar-refractivity contribution in [2.75, 3.05) is 14.2 Å². The molecule has 0 unspecified atom stereocenters. The predicted octanol–water partition coefficient (Wildman–Crippen LogP) is 4.73. The van der Waals surface area contributed by atoms with Crippen LogP contribution in [0.3, 0.4) is 0 Å². The molecule has 3 heterocycles. The van der Waals surface area contributed by atoms with Gasteiger partial charge in [0.25, 0.3) is 0 Å². The van der Waals surface area contributed by atoms with Crippen molar-refractivity contribution in [3.63, 3.8) is 0 Å². The van der Waals surface area contributed by atoms with Crippen LogP contribution >= 0.6 is 0 Å².